The first-order valence-electron chi connectivity index (χ1n) is 7.98. The maximum Gasteiger partial charge on any atom is 0.268 e. The highest BCUT2D eigenvalue weighted by atomic mass is 79.9. The summed E-state index contributed by atoms with van der Waals surface area (Å²) in [5, 5.41) is 3.28. The van der Waals surface area contributed by atoms with Crippen LogP contribution in [0.25, 0.3) is 0 Å². The fourth-order valence-corrected chi connectivity index (χ4v) is 4.15. The zero-order valence-corrected chi connectivity index (χ0v) is 14.4. The molecule has 0 radical (unpaired) electrons. The summed E-state index contributed by atoms with van der Waals surface area (Å²) in [6, 6.07) is 3.07. The van der Waals surface area contributed by atoms with E-state index in [-0.39, 0.29) is 11.9 Å². The number of rotatable bonds is 3. The Morgan fingerprint density at radius 3 is 2.90 bits per heavy atom. The molecular weight excluding hydrogens is 330 g/mol. The van der Waals surface area contributed by atoms with Crippen LogP contribution in [0.4, 0.5) is 0 Å². The van der Waals surface area contributed by atoms with E-state index >= 15 is 0 Å². The van der Waals surface area contributed by atoms with Crippen LogP contribution in [0.5, 0.6) is 0 Å². The number of carbonyl (C=O) groups excluding carboxylic acids is 1. The van der Waals surface area contributed by atoms with Gasteiger partial charge in [-0.1, -0.05) is 6.42 Å². The fraction of sp³-hybridized carbons (Fsp3) is 0.688. The Bertz CT molecular complexity index is 526. The van der Waals surface area contributed by atoms with Gasteiger partial charge in [0.1, 0.15) is 5.69 Å². The predicted molar refractivity (Wildman–Crippen MR) is 87.6 cm³/mol. The number of carbonyl (C=O) groups is 1. The number of amides is 1. The second-order valence-electron chi connectivity index (χ2n) is 6.51. The van der Waals surface area contributed by atoms with Crippen molar-refractivity contribution >= 4 is 21.8 Å². The third kappa shape index (κ3) is 3.04. The number of piperidine rings is 1. The molecule has 1 aromatic rings. The molecule has 2 saturated heterocycles. The Morgan fingerprint density at radius 1 is 1.33 bits per heavy atom. The maximum atomic E-state index is 12.6. The Labute approximate surface area is 135 Å². The van der Waals surface area contributed by atoms with Gasteiger partial charge >= 0.3 is 0 Å². The molecule has 1 N–H and O–H groups in total. The lowest BCUT2D eigenvalue weighted by Gasteiger charge is -2.32. The second-order valence-corrected chi connectivity index (χ2v) is 7.43. The molecule has 2 aliphatic heterocycles. The lowest BCUT2D eigenvalue weighted by Crippen LogP contribution is -2.47. The first kappa shape index (κ1) is 15.1. The van der Waals surface area contributed by atoms with Gasteiger partial charge in [0.2, 0.25) is 0 Å². The number of nitrogens with one attached hydrogen (secondary N) is 1. The number of aromatic nitrogens is 1. The van der Waals surface area contributed by atoms with Crippen LogP contribution in [0.15, 0.2) is 16.7 Å². The number of fused-ring (bicyclic) bond motifs is 1. The minimum Gasteiger partial charge on any atom is -0.346 e. The van der Waals surface area contributed by atoms with Crippen molar-refractivity contribution in [2.45, 2.75) is 57.7 Å². The zero-order valence-electron chi connectivity index (χ0n) is 12.8. The lowest BCUT2D eigenvalue weighted by molar-refractivity contribution is 0.0904. The van der Waals surface area contributed by atoms with Crippen molar-refractivity contribution in [3.63, 3.8) is 0 Å². The molecule has 4 nitrogen and oxygen atoms in total. The van der Waals surface area contributed by atoms with Gasteiger partial charge in [0.05, 0.1) is 0 Å². The summed E-state index contributed by atoms with van der Waals surface area (Å²) in [4.78, 5) is 15.2. The van der Waals surface area contributed by atoms with Crippen LogP contribution >= 0.6 is 15.9 Å². The molecule has 0 bridgehead atoms. The molecule has 0 spiro atoms. The minimum absolute atomic E-state index is 0.0619. The molecule has 5 heteroatoms. The van der Waals surface area contributed by atoms with E-state index in [4.69, 9.17) is 0 Å². The molecule has 2 aliphatic rings. The zero-order chi connectivity index (χ0) is 15.0. The summed E-state index contributed by atoms with van der Waals surface area (Å²) < 4.78 is 3.00. The van der Waals surface area contributed by atoms with Gasteiger partial charge in [-0.15, -0.1) is 0 Å². The largest absolute Gasteiger partial charge is 0.346 e. The van der Waals surface area contributed by atoms with Gasteiger partial charge in [0.15, 0.2) is 0 Å². The Morgan fingerprint density at radius 2 is 2.14 bits per heavy atom. The van der Waals surface area contributed by atoms with Crippen molar-refractivity contribution in [2.75, 3.05) is 13.1 Å². The average molecular weight is 354 g/mol. The summed E-state index contributed by atoms with van der Waals surface area (Å²) in [7, 11) is 0. The van der Waals surface area contributed by atoms with Gasteiger partial charge in [0, 0.05) is 35.3 Å². The molecule has 1 aromatic heterocycles. The van der Waals surface area contributed by atoms with Crippen molar-refractivity contribution in [3.8, 4) is 0 Å². The number of nitrogens with zero attached hydrogens (tertiary/aromatic N) is 2. The standard InChI is InChI=1S/C16H24BrN3O/c1-11(2)20-10-12(17)9-15(20)16(21)18-13-6-8-19-7-4-3-5-14(13)19/h9-11,13-14H,3-8H2,1-2H3,(H,18,21). The van der Waals surface area contributed by atoms with Gasteiger partial charge in [-0.2, -0.15) is 0 Å². The van der Waals surface area contributed by atoms with E-state index in [9.17, 15) is 4.79 Å². The third-order valence-electron chi connectivity index (χ3n) is 4.78. The normalized spacial score (nSPS) is 26.1. The highest BCUT2D eigenvalue weighted by Gasteiger charge is 2.36. The number of hydrogen-bond donors (Lipinski definition) is 1. The van der Waals surface area contributed by atoms with Crippen LogP contribution in [-0.4, -0.2) is 40.5 Å². The molecular formula is C16H24BrN3O. The van der Waals surface area contributed by atoms with E-state index in [0.29, 0.717) is 12.1 Å². The Kier molecular flexibility index (Phi) is 4.41. The van der Waals surface area contributed by atoms with Gasteiger partial charge in [-0.05, 0) is 61.7 Å². The van der Waals surface area contributed by atoms with E-state index in [1.165, 1.54) is 25.8 Å². The number of halogens is 1. The van der Waals surface area contributed by atoms with Crippen LogP contribution in [0, 0.1) is 0 Å². The Hall–Kier alpha value is -0.810. The van der Waals surface area contributed by atoms with E-state index in [1.54, 1.807) is 0 Å². The monoisotopic (exact) mass is 353 g/mol. The minimum atomic E-state index is 0.0619. The molecule has 1 amide bonds. The van der Waals surface area contributed by atoms with Crippen molar-refractivity contribution in [2.24, 2.45) is 0 Å². The molecule has 0 aromatic carbocycles. The molecule has 3 rings (SSSR count). The molecule has 3 heterocycles. The smallest absolute Gasteiger partial charge is 0.268 e. The van der Waals surface area contributed by atoms with Crippen LogP contribution in [-0.2, 0) is 0 Å². The van der Waals surface area contributed by atoms with Crippen LogP contribution in [0.3, 0.4) is 0 Å². The molecule has 116 valence electrons. The summed E-state index contributed by atoms with van der Waals surface area (Å²) >= 11 is 3.48. The van der Waals surface area contributed by atoms with Gasteiger partial charge in [-0.3, -0.25) is 9.69 Å². The van der Waals surface area contributed by atoms with Gasteiger partial charge in [0.25, 0.3) is 5.91 Å². The first-order chi connectivity index (χ1) is 10.1. The van der Waals surface area contributed by atoms with Crippen molar-refractivity contribution < 1.29 is 4.79 Å². The van der Waals surface area contributed by atoms with E-state index in [1.807, 2.05) is 16.8 Å². The van der Waals surface area contributed by atoms with Crippen LogP contribution in [0.2, 0.25) is 0 Å². The molecule has 0 saturated carbocycles. The van der Waals surface area contributed by atoms with Gasteiger partial charge < -0.3 is 9.88 Å². The van der Waals surface area contributed by atoms with E-state index in [0.717, 1.165) is 23.1 Å². The predicted octanol–water partition coefficient (Wildman–Crippen LogP) is 3.19. The lowest BCUT2D eigenvalue weighted by atomic mass is 9.99. The van der Waals surface area contributed by atoms with Crippen molar-refractivity contribution in [1.82, 2.24) is 14.8 Å². The van der Waals surface area contributed by atoms with Crippen LogP contribution < -0.4 is 5.32 Å². The van der Waals surface area contributed by atoms with Crippen molar-refractivity contribution in [1.29, 1.82) is 0 Å². The highest BCUT2D eigenvalue weighted by Crippen LogP contribution is 2.27. The second kappa shape index (κ2) is 6.13. The molecule has 2 unspecified atom stereocenters. The summed E-state index contributed by atoms with van der Waals surface area (Å²) in [6.45, 7) is 6.53. The van der Waals surface area contributed by atoms with E-state index in [2.05, 4.69) is 40.0 Å². The quantitative estimate of drug-likeness (QED) is 0.905. The fourth-order valence-electron chi connectivity index (χ4n) is 3.71. The van der Waals surface area contributed by atoms with Crippen molar-refractivity contribution in [3.05, 3.63) is 22.4 Å². The SMILES string of the molecule is CC(C)n1cc(Br)cc1C(=O)NC1CCN2CCCCC12. The summed E-state index contributed by atoms with van der Waals surface area (Å²) in [5.74, 6) is 0.0619. The molecule has 2 fully saturated rings. The summed E-state index contributed by atoms with van der Waals surface area (Å²) in [6.07, 6.45) is 6.89. The third-order valence-corrected chi connectivity index (χ3v) is 5.21. The van der Waals surface area contributed by atoms with Crippen LogP contribution in [0.1, 0.15) is 56.1 Å². The Balaban J connectivity index is 1.72. The van der Waals surface area contributed by atoms with Gasteiger partial charge in [-0.25, -0.2) is 0 Å². The first-order valence-corrected chi connectivity index (χ1v) is 8.78. The summed E-state index contributed by atoms with van der Waals surface area (Å²) in [5.41, 5.74) is 0.756. The topological polar surface area (TPSA) is 37.3 Å². The molecule has 21 heavy (non-hydrogen) atoms. The average Bonchev–Trinajstić information content (AvgIpc) is 3.03. The highest BCUT2D eigenvalue weighted by molar-refractivity contribution is 9.10. The molecule has 0 aliphatic carbocycles. The number of hydrogen-bond acceptors (Lipinski definition) is 2. The maximum absolute atomic E-state index is 12.6. The van der Waals surface area contributed by atoms with E-state index < -0.39 is 0 Å². The molecule has 2 atom stereocenters.